The number of hydrogen-bond acceptors (Lipinski definition) is 8. The summed E-state index contributed by atoms with van der Waals surface area (Å²) in [6.07, 6.45) is -3.86. The Hall–Kier alpha value is -4.74. The van der Waals surface area contributed by atoms with Crippen LogP contribution < -0.4 is 19.3 Å². The number of esters is 1. The van der Waals surface area contributed by atoms with Crippen LogP contribution in [0.1, 0.15) is 23.6 Å². The van der Waals surface area contributed by atoms with Crippen LogP contribution in [-0.2, 0) is 15.7 Å². The Morgan fingerprint density at radius 3 is 2.42 bits per heavy atom. The van der Waals surface area contributed by atoms with E-state index in [1.165, 1.54) is 30.2 Å². The molecule has 0 N–H and O–H groups in total. The van der Waals surface area contributed by atoms with Gasteiger partial charge in [-0.1, -0.05) is 24.8 Å². The van der Waals surface area contributed by atoms with Gasteiger partial charge in [-0.2, -0.15) is 13.2 Å². The van der Waals surface area contributed by atoms with Crippen LogP contribution in [0.2, 0.25) is 0 Å². The first-order chi connectivity index (χ1) is 20.6. The summed E-state index contributed by atoms with van der Waals surface area (Å²) in [7, 11) is 2.80. The molecular formula is C31H30F4N4O4. The molecule has 226 valence electrons. The maximum atomic E-state index is 15.2. The van der Waals surface area contributed by atoms with Crippen LogP contribution in [0.5, 0.6) is 11.5 Å². The Bertz CT molecular complexity index is 1540. The number of carbonyl (C=O) groups is 1. The number of para-hydroxylation sites is 1. The molecule has 2 aliphatic rings. The van der Waals surface area contributed by atoms with Gasteiger partial charge in [0.2, 0.25) is 5.96 Å². The zero-order chi connectivity index (χ0) is 30.7. The zero-order valence-electron chi connectivity index (χ0n) is 23.6. The molecule has 12 heteroatoms. The van der Waals surface area contributed by atoms with E-state index in [1.807, 2.05) is 29.2 Å². The second kappa shape index (κ2) is 12.2. The highest BCUT2D eigenvalue weighted by atomic mass is 19.4. The third-order valence-corrected chi connectivity index (χ3v) is 7.44. The van der Waals surface area contributed by atoms with E-state index >= 15 is 4.39 Å². The van der Waals surface area contributed by atoms with Crippen LogP contribution in [0, 0.1) is 5.82 Å². The molecule has 1 fully saturated rings. The van der Waals surface area contributed by atoms with E-state index in [0.717, 1.165) is 24.1 Å². The SMILES string of the molecule is C=COc1ccc(C(F)(F)F)cc1N1C(N2CCN(c3cccc(OC)c3)CC2)=Nc2c(F)cccc2[C@H]1CC(=O)OC. The number of piperazine rings is 1. The molecule has 1 atom stereocenters. The van der Waals surface area contributed by atoms with Crippen molar-refractivity contribution in [2.45, 2.75) is 18.6 Å². The summed E-state index contributed by atoms with van der Waals surface area (Å²) in [6.45, 7) is 5.42. The summed E-state index contributed by atoms with van der Waals surface area (Å²) in [5, 5.41) is 0. The molecule has 0 aromatic heterocycles. The Kier molecular flexibility index (Phi) is 8.47. The zero-order valence-corrected chi connectivity index (χ0v) is 23.6. The van der Waals surface area contributed by atoms with Gasteiger partial charge >= 0.3 is 12.1 Å². The number of carbonyl (C=O) groups excluding carboxylic acids is 1. The van der Waals surface area contributed by atoms with E-state index in [2.05, 4.69) is 16.5 Å². The fourth-order valence-electron chi connectivity index (χ4n) is 5.34. The molecule has 0 spiro atoms. The van der Waals surface area contributed by atoms with Gasteiger partial charge in [-0.15, -0.1) is 0 Å². The van der Waals surface area contributed by atoms with Crippen molar-refractivity contribution in [3.63, 3.8) is 0 Å². The van der Waals surface area contributed by atoms with Gasteiger partial charge in [0.25, 0.3) is 0 Å². The Morgan fingerprint density at radius 2 is 1.74 bits per heavy atom. The maximum absolute atomic E-state index is 15.2. The first kappa shape index (κ1) is 29.7. The van der Waals surface area contributed by atoms with Crippen molar-refractivity contribution >= 4 is 29.0 Å². The lowest BCUT2D eigenvalue weighted by molar-refractivity contribution is -0.141. The minimum absolute atomic E-state index is 0.00693. The number of halogens is 4. The highest BCUT2D eigenvalue weighted by Crippen LogP contribution is 2.46. The predicted octanol–water partition coefficient (Wildman–Crippen LogP) is 6.31. The number of benzene rings is 3. The van der Waals surface area contributed by atoms with E-state index in [-0.39, 0.29) is 29.5 Å². The normalized spacial score (nSPS) is 16.7. The lowest BCUT2D eigenvalue weighted by Gasteiger charge is -2.45. The average Bonchev–Trinajstić information content (AvgIpc) is 3.01. The van der Waals surface area contributed by atoms with E-state index in [0.29, 0.717) is 37.5 Å². The number of rotatable bonds is 7. The number of alkyl halides is 3. The minimum Gasteiger partial charge on any atom is -0.497 e. The van der Waals surface area contributed by atoms with Crippen molar-refractivity contribution in [3.05, 3.63) is 90.4 Å². The quantitative estimate of drug-likeness (QED) is 0.179. The first-order valence-corrected chi connectivity index (χ1v) is 13.5. The fraction of sp³-hybridized carbons (Fsp3) is 0.290. The van der Waals surface area contributed by atoms with Crippen molar-refractivity contribution in [3.8, 4) is 11.5 Å². The molecule has 43 heavy (non-hydrogen) atoms. The van der Waals surface area contributed by atoms with Gasteiger partial charge in [-0.3, -0.25) is 4.79 Å². The highest BCUT2D eigenvalue weighted by Gasteiger charge is 2.40. The summed E-state index contributed by atoms with van der Waals surface area (Å²) in [6, 6.07) is 14.0. The third kappa shape index (κ3) is 6.08. The second-order valence-electron chi connectivity index (χ2n) is 9.90. The van der Waals surface area contributed by atoms with E-state index in [1.54, 1.807) is 13.2 Å². The van der Waals surface area contributed by atoms with Gasteiger partial charge in [0.15, 0.2) is 0 Å². The lowest BCUT2D eigenvalue weighted by atomic mass is 9.96. The first-order valence-electron chi connectivity index (χ1n) is 13.5. The number of anilines is 2. The molecule has 3 aromatic rings. The molecule has 0 unspecified atom stereocenters. The van der Waals surface area contributed by atoms with Gasteiger partial charge in [0.05, 0.1) is 44.2 Å². The maximum Gasteiger partial charge on any atom is 0.416 e. The predicted molar refractivity (Wildman–Crippen MR) is 154 cm³/mol. The topological polar surface area (TPSA) is 66.8 Å². The van der Waals surface area contributed by atoms with Crippen molar-refractivity contribution < 1.29 is 36.6 Å². The average molecular weight is 599 g/mol. The third-order valence-electron chi connectivity index (χ3n) is 7.44. The summed E-state index contributed by atoms with van der Waals surface area (Å²) < 4.78 is 73.0. The molecule has 0 saturated carbocycles. The van der Waals surface area contributed by atoms with Gasteiger partial charge in [0.1, 0.15) is 23.0 Å². The number of hydrogen-bond donors (Lipinski definition) is 0. The van der Waals surface area contributed by atoms with E-state index in [4.69, 9.17) is 14.2 Å². The summed E-state index contributed by atoms with van der Waals surface area (Å²) in [5.41, 5.74) is 0.346. The molecule has 0 radical (unpaired) electrons. The van der Waals surface area contributed by atoms with Crippen molar-refractivity contribution in [1.29, 1.82) is 0 Å². The van der Waals surface area contributed by atoms with Gasteiger partial charge < -0.3 is 28.9 Å². The summed E-state index contributed by atoms with van der Waals surface area (Å²) >= 11 is 0. The molecule has 3 aromatic carbocycles. The van der Waals surface area contributed by atoms with Gasteiger partial charge in [-0.25, -0.2) is 9.38 Å². The van der Waals surface area contributed by atoms with Crippen molar-refractivity contribution in [2.75, 3.05) is 50.2 Å². The van der Waals surface area contributed by atoms with E-state index in [9.17, 15) is 18.0 Å². The highest BCUT2D eigenvalue weighted by molar-refractivity contribution is 6.02. The Balaban J connectivity index is 1.62. The number of ether oxygens (including phenoxy) is 3. The molecular weight excluding hydrogens is 568 g/mol. The van der Waals surface area contributed by atoms with Crippen LogP contribution in [0.4, 0.5) is 34.6 Å². The second-order valence-corrected chi connectivity index (χ2v) is 9.90. The summed E-state index contributed by atoms with van der Waals surface area (Å²) in [4.78, 5) is 22.9. The number of aliphatic imine (C=N–C) groups is 1. The molecule has 0 amide bonds. The molecule has 2 aliphatic heterocycles. The largest absolute Gasteiger partial charge is 0.497 e. The lowest BCUT2D eigenvalue weighted by Crippen LogP contribution is -2.55. The monoisotopic (exact) mass is 598 g/mol. The number of fused-ring (bicyclic) bond motifs is 1. The number of nitrogens with zero attached hydrogens (tertiary/aromatic N) is 4. The molecule has 8 nitrogen and oxygen atoms in total. The van der Waals surface area contributed by atoms with E-state index < -0.39 is 29.6 Å². The molecule has 0 aliphatic carbocycles. The molecule has 5 rings (SSSR count). The van der Waals surface area contributed by atoms with Crippen molar-refractivity contribution in [2.24, 2.45) is 4.99 Å². The summed E-state index contributed by atoms with van der Waals surface area (Å²) in [5.74, 6) is -0.302. The van der Waals surface area contributed by atoms with Crippen LogP contribution in [-0.4, -0.2) is 57.2 Å². The smallest absolute Gasteiger partial charge is 0.416 e. The van der Waals surface area contributed by atoms with Crippen LogP contribution in [0.15, 0.2) is 78.5 Å². The molecule has 2 heterocycles. The van der Waals surface area contributed by atoms with Crippen LogP contribution >= 0.6 is 0 Å². The van der Waals surface area contributed by atoms with Crippen LogP contribution in [0.25, 0.3) is 0 Å². The Morgan fingerprint density at radius 1 is 1.02 bits per heavy atom. The Labute approximate surface area is 246 Å². The minimum atomic E-state index is -4.67. The van der Waals surface area contributed by atoms with Crippen molar-refractivity contribution in [1.82, 2.24) is 4.90 Å². The standard InChI is InChI=1S/C31H30F4N4O4/c1-4-43-27-12-11-20(31(33,34)35)17-26(27)39-25(19-28(40)42-3)23-9-6-10-24(32)29(23)36-30(39)38-15-13-37(14-16-38)21-7-5-8-22(18-21)41-2/h4-12,17-18,25H,1,13-16,19H2,2-3H3/t25-/m1/s1. The fourth-order valence-corrected chi connectivity index (χ4v) is 5.34. The van der Waals surface area contributed by atoms with Gasteiger partial charge in [-0.05, 0) is 36.4 Å². The molecule has 1 saturated heterocycles. The number of guanidine groups is 1. The van der Waals surface area contributed by atoms with Crippen LogP contribution in [0.3, 0.4) is 0 Å². The van der Waals surface area contributed by atoms with Gasteiger partial charge in [0, 0.05) is 43.5 Å². The number of methoxy groups -OCH3 is 2. The molecule has 0 bridgehead atoms.